The van der Waals surface area contributed by atoms with Crippen LogP contribution in [0.5, 0.6) is 5.75 Å². The van der Waals surface area contributed by atoms with E-state index in [1.165, 1.54) is 16.8 Å². The number of hydrogen-bond acceptors (Lipinski definition) is 2. The van der Waals surface area contributed by atoms with Gasteiger partial charge in [-0.3, -0.25) is 4.79 Å². The van der Waals surface area contributed by atoms with Gasteiger partial charge in [0.2, 0.25) is 5.43 Å². The molecule has 0 spiro atoms. The van der Waals surface area contributed by atoms with Crippen molar-refractivity contribution in [3.8, 4) is 5.75 Å². The minimum absolute atomic E-state index is 0.157. The van der Waals surface area contributed by atoms with Gasteiger partial charge < -0.3 is 9.30 Å². The summed E-state index contributed by atoms with van der Waals surface area (Å²) in [6.45, 7) is 1.61. The van der Waals surface area contributed by atoms with Crippen LogP contribution in [-0.4, -0.2) is 11.0 Å². The Morgan fingerprint density at radius 3 is 2.52 bits per heavy atom. The van der Waals surface area contributed by atoms with Crippen LogP contribution >= 0.6 is 0 Å². The zero-order chi connectivity index (χ0) is 15.2. The molecule has 0 N–H and O–H groups in total. The molecule has 0 fully saturated rings. The van der Waals surface area contributed by atoms with Gasteiger partial charge in [0.25, 0.3) is 6.43 Å². The molecule has 0 unspecified atom stereocenters. The molecule has 5 heteroatoms. The number of alkyl halides is 2. The van der Waals surface area contributed by atoms with E-state index < -0.39 is 13.0 Å². The molecule has 1 heterocycles. The number of halogens is 2. The third kappa shape index (κ3) is 3.90. The molecule has 0 saturated carbocycles. The van der Waals surface area contributed by atoms with Gasteiger partial charge in [-0.25, -0.2) is 8.78 Å². The molecule has 2 rings (SSSR count). The molecule has 0 saturated heterocycles. The van der Waals surface area contributed by atoms with Crippen LogP contribution in [0.3, 0.4) is 0 Å². The van der Waals surface area contributed by atoms with Crippen LogP contribution in [0.25, 0.3) is 0 Å². The summed E-state index contributed by atoms with van der Waals surface area (Å²) in [5.74, 6) is 0.157. The zero-order valence-electron chi connectivity index (χ0n) is 11.8. The van der Waals surface area contributed by atoms with Gasteiger partial charge in [-0.15, -0.1) is 0 Å². The van der Waals surface area contributed by atoms with Gasteiger partial charge >= 0.3 is 0 Å². The molecule has 0 radical (unpaired) electrons. The summed E-state index contributed by atoms with van der Waals surface area (Å²) in [6.07, 6.45) is -0.630. The molecule has 1 aromatic heterocycles. The van der Waals surface area contributed by atoms with Crippen LogP contribution in [0.15, 0.2) is 47.4 Å². The Morgan fingerprint density at radius 2 is 1.90 bits per heavy atom. The first-order valence-electron chi connectivity index (χ1n) is 6.79. The Balaban J connectivity index is 2.27. The van der Waals surface area contributed by atoms with E-state index in [9.17, 15) is 13.6 Å². The summed E-state index contributed by atoms with van der Waals surface area (Å²) < 4.78 is 32.1. The van der Waals surface area contributed by atoms with Crippen LogP contribution in [0.4, 0.5) is 8.78 Å². The van der Waals surface area contributed by atoms with E-state index in [-0.39, 0.29) is 17.8 Å². The van der Waals surface area contributed by atoms with Crippen molar-refractivity contribution in [2.45, 2.75) is 32.9 Å². The number of hydrogen-bond donors (Lipinski definition) is 0. The monoisotopic (exact) mass is 293 g/mol. The summed E-state index contributed by atoms with van der Waals surface area (Å²) in [7, 11) is 0. The topological polar surface area (TPSA) is 31.2 Å². The highest BCUT2D eigenvalue weighted by Gasteiger charge is 2.14. The van der Waals surface area contributed by atoms with Crippen LogP contribution in [-0.2, 0) is 19.6 Å². The van der Waals surface area contributed by atoms with Crippen LogP contribution in [0, 0.1) is 0 Å². The number of rotatable bonds is 6. The second-order valence-electron chi connectivity index (χ2n) is 4.63. The summed E-state index contributed by atoms with van der Waals surface area (Å²) in [5, 5.41) is 0. The second kappa shape index (κ2) is 7.02. The zero-order valence-corrected chi connectivity index (χ0v) is 11.8. The van der Waals surface area contributed by atoms with Crippen molar-refractivity contribution in [3.05, 3.63) is 64.1 Å². The van der Waals surface area contributed by atoms with E-state index in [4.69, 9.17) is 4.74 Å². The first kappa shape index (κ1) is 15.2. The number of aromatic nitrogens is 1. The first-order chi connectivity index (χ1) is 10.1. The van der Waals surface area contributed by atoms with E-state index in [1.807, 2.05) is 37.3 Å². The third-order valence-corrected chi connectivity index (χ3v) is 3.13. The lowest BCUT2D eigenvalue weighted by atomic mass is 10.2. The highest BCUT2D eigenvalue weighted by Crippen LogP contribution is 2.17. The van der Waals surface area contributed by atoms with Crippen LogP contribution in [0.1, 0.15) is 18.2 Å². The Labute approximate surface area is 121 Å². The Kier molecular flexibility index (Phi) is 5.09. The summed E-state index contributed by atoms with van der Waals surface area (Å²) in [6, 6.07) is 10.7. The molecule has 1 aromatic carbocycles. The molecule has 112 valence electrons. The molecule has 0 bridgehead atoms. The highest BCUT2D eigenvalue weighted by atomic mass is 19.3. The molecule has 0 aliphatic rings. The van der Waals surface area contributed by atoms with Gasteiger partial charge in [-0.2, -0.15) is 0 Å². The van der Waals surface area contributed by atoms with Gasteiger partial charge in [0.15, 0.2) is 5.75 Å². The van der Waals surface area contributed by atoms with Gasteiger partial charge in [0.1, 0.15) is 6.61 Å². The predicted octanol–water partition coefficient (Wildman–Crippen LogP) is 3.25. The molecular weight excluding hydrogens is 276 g/mol. The number of nitrogens with zero attached hydrogens (tertiary/aromatic N) is 1. The Bertz CT molecular complexity index is 638. The lowest BCUT2D eigenvalue weighted by Crippen LogP contribution is -2.19. The maximum Gasteiger partial charge on any atom is 0.256 e. The van der Waals surface area contributed by atoms with Crippen LogP contribution in [0.2, 0.25) is 0 Å². The Morgan fingerprint density at radius 1 is 1.19 bits per heavy atom. The molecule has 2 aromatic rings. The van der Waals surface area contributed by atoms with E-state index in [1.54, 1.807) is 0 Å². The minimum atomic E-state index is -2.47. The smallest absolute Gasteiger partial charge is 0.256 e. The van der Waals surface area contributed by atoms with Crippen molar-refractivity contribution < 1.29 is 13.5 Å². The molecule has 0 atom stereocenters. The van der Waals surface area contributed by atoms with Crippen LogP contribution < -0.4 is 10.2 Å². The summed E-state index contributed by atoms with van der Waals surface area (Å²) in [4.78, 5) is 11.9. The predicted molar refractivity (Wildman–Crippen MR) is 76.9 cm³/mol. The maximum absolute atomic E-state index is 12.6. The van der Waals surface area contributed by atoms with Gasteiger partial charge in [0, 0.05) is 12.3 Å². The first-order valence-corrected chi connectivity index (χ1v) is 6.79. The normalized spacial score (nSPS) is 10.9. The van der Waals surface area contributed by atoms with E-state index in [2.05, 4.69) is 0 Å². The average Bonchev–Trinajstić information content (AvgIpc) is 2.48. The van der Waals surface area contributed by atoms with E-state index in [0.717, 1.165) is 5.56 Å². The van der Waals surface area contributed by atoms with Crippen molar-refractivity contribution in [2.24, 2.45) is 0 Å². The molecule has 0 aliphatic heterocycles. The second-order valence-corrected chi connectivity index (χ2v) is 4.63. The molecular formula is C16H17F2NO2. The average molecular weight is 293 g/mol. The lowest BCUT2D eigenvalue weighted by Gasteiger charge is -2.16. The maximum atomic E-state index is 12.6. The number of pyridine rings is 1. The Hall–Kier alpha value is -2.17. The van der Waals surface area contributed by atoms with Crippen molar-refractivity contribution in [1.29, 1.82) is 0 Å². The fraction of sp³-hybridized carbons (Fsp3) is 0.312. The SMILES string of the molecule is CCc1c(OCc2ccccc2)c(=O)ccn1CC(F)F. The van der Waals surface area contributed by atoms with Crippen molar-refractivity contribution >= 4 is 0 Å². The minimum Gasteiger partial charge on any atom is -0.483 e. The summed E-state index contributed by atoms with van der Waals surface area (Å²) in [5.41, 5.74) is 1.13. The third-order valence-electron chi connectivity index (χ3n) is 3.13. The standard InChI is InChI=1S/C16H17F2NO2/c1-2-13-16(21-11-12-6-4-3-5-7-12)14(20)8-9-19(13)10-15(17)18/h3-9,15H,2,10-11H2,1H3. The fourth-order valence-electron chi connectivity index (χ4n) is 2.16. The van der Waals surface area contributed by atoms with Gasteiger partial charge in [0.05, 0.1) is 12.2 Å². The van der Waals surface area contributed by atoms with Crippen molar-refractivity contribution in [3.63, 3.8) is 0 Å². The molecule has 0 amide bonds. The number of benzene rings is 1. The lowest BCUT2D eigenvalue weighted by molar-refractivity contribution is 0.124. The molecule has 3 nitrogen and oxygen atoms in total. The summed E-state index contributed by atoms with van der Waals surface area (Å²) >= 11 is 0. The molecule has 0 aliphatic carbocycles. The van der Waals surface area contributed by atoms with Gasteiger partial charge in [-0.05, 0) is 12.0 Å². The largest absolute Gasteiger partial charge is 0.483 e. The molecule has 21 heavy (non-hydrogen) atoms. The highest BCUT2D eigenvalue weighted by molar-refractivity contribution is 5.29. The van der Waals surface area contributed by atoms with Crippen molar-refractivity contribution in [2.75, 3.05) is 0 Å². The number of ether oxygens (including phenoxy) is 1. The quantitative estimate of drug-likeness (QED) is 0.818. The van der Waals surface area contributed by atoms with Crippen molar-refractivity contribution in [1.82, 2.24) is 4.57 Å². The van der Waals surface area contributed by atoms with E-state index >= 15 is 0 Å². The van der Waals surface area contributed by atoms with Gasteiger partial charge in [-0.1, -0.05) is 37.3 Å². The fourth-order valence-corrected chi connectivity index (χ4v) is 2.16. The van der Waals surface area contributed by atoms with E-state index in [0.29, 0.717) is 12.1 Å².